The van der Waals surface area contributed by atoms with Crippen LogP contribution in [0, 0.1) is 13.8 Å². The van der Waals surface area contributed by atoms with Crippen LogP contribution in [0.2, 0.25) is 0 Å². The summed E-state index contributed by atoms with van der Waals surface area (Å²) in [5.74, 6) is 0.771. The number of phenolic OH excluding ortho intramolecular Hbond substituents is 1. The van der Waals surface area contributed by atoms with Crippen molar-refractivity contribution < 1.29 is 19.7 Å². The quantitative estimate of drug-likeness (QED) is 0.493. The van der Waals surface area contributed by atoms with Crippen LogP contribution in [0.25, 0.3) is 0 Å². The monoisotopic (exact) mass is 391 g/mol. The Labute approximate surface area is 170 Å². The first-order valence-corrected chi connectivity index (χ1v) is 9.48. The lowest BCUT2D eigenvalue weighted by atomic mass is 10.00. The zero-order valence-corrected chi connectivity index (χ0v) is 16.6. The van der Waals surface area contributed by atoms with Gasteiger partial charge in [0.1, 0.15) is 17.2 Å². The summed E-state index contributed by atoms with van der Waals surface area (Å²) in [6.07, 6.45) is 1.09. The molecule has 0 aliphatic carbocycles. The Hall–Kier alpha value is -3.47. The van der Waals surface area contributed by atoms with E-state index in [1.165, 1.54) is 0 Å². The Kier molecular flexibility index (Phi) is 6.07. The van der Waals surface area contributed by atoms with Gasteiger partial charge in [-0.1, -0.05) is 24.3 Å². The summed E-state index contributed by atoms with van der Waals surface area (Å²) in [6, 6.07) is 16.7. The number of ether oxygens (including phenoxy) is 1. The Bertz CT molecular complexity index is 1020. The number of hydrogen-bond acceptors (Lipinski definition) is 4. The Balaban J connectivity index is 1.81. The predicted octanol–water partition coefficient (Wildman–Crippen LogP) is 4.99. The molecule has 0 bridgehead atoms. The van der Waals surface area contributed by atoms with Gasteiger partial charge in [0, 0.05) is 24.1 Å². The molecule has 0 atom stereocenters. The van der Waals surface area contributed by atoms with Crippen LogP contribution in [0.3, 0.4) is 0 Å². The average molecular weight is 391 g/mol. The third-order valence-electron chi connectivity index (χ3n) is 4.77. The maximum Gasteiger partial charge on any atom is 0.303 e. The van der Waals surface area contributed by atoms with Gasteiger partial charge in [-0.15, -0.1) is 0 Å². The first-order chi connectivity index (χ1) is 13.8. The minimum Gasteiger partial charge on any atom is -0.508 e. The van der Waals surface area contributed by atoms with Crippen LogP contribution < -0.4 is 10.5 Å². The van der Waals surface area contributed by atoms with Crippen molar-refractivity contribution in [3.05, 3.63) is 82.4 Å². The SMILES string of the molecule is Cc1cc(N)cc(C)c1Oc1ccc(O)c(Cc2cccc(CCC(=O)O)c2)c1. The molecular formula is C24H25NO4. The number of rotatable bonds is 7. The van der Waals surface area contributed by atoms with E-state index in [2.05, 4.69) is 0 Å². The van der Waals surface area contributed by atoms with Crippen molar-refractivity contribution in [2.75, 3.05) is 5.73 Å². The van der Waals surface area contributed by atoms with E-state index < -0.39 is 5.97 Å². The number of carboxylic acid groups (broad SMARTS) is 1. The molecule has 0 aromatic heterocycles. The molecule has 0 saturated carbocycles. The molecule has 0 spiro atoms. The molecule has 0 aliphatic rings. The number of aliphatic carboxylic acids is 1. The highest BCUT2D eigenvalue weighted by atomic mass is 16.5. The van der Waals surface area contributed by atoms with E-state index in [1.807, 2.05) is 56.3 Å². The number of carboxylic acids is 1. The van der Waals surface area contributed by atoms with E-state index >= 15 is 0 Å². The summed E-state index contributed by atoms with van der Waals surface area (Å²) in [7, 11) is 0. The standard InChI is InChI=1S/C24H25NO4/c1-15-10-20(25)11-16(2)24(15)29-21-7-8-22(26)19(14-21)13-18-5-3-4-17(12-18)6-9-23(27)28/h3-5,7-8,10-12,14,26H,6,9,13,25H2,1-2H3,(H,27,28). The van der Waals surface area contributed by atoms with Crippen molar-refractivity contribution in [2.45, 2.75) is 33.1 Å². The highest BCUT2D eigenvalue weighted by Crippen LogP contribution is 2.33. The number of carbonyl (C=O) groups is 1. The van der Waals surface area contributed by atoms with Crippen LogP contribution in [-0.4, -0.2) is 16.2 Å². The maximum absolute atomic E-state index is 10.8. The van der Waals surface area contributed by atoms with E-state index in [9.17, 15) is 9.90 Å². The molecule has 29 heavy (non-hydrogen) atoms. The van der Waals surface area contributed by atoms with Crippen LogP contribution in [-0.2, 0) is 17.6 Å². The molecule has 0 unspecified atom stereocenters. The number of anilines is 1. The third-order valence-corrected chi connectivity index (χ3v) is 4.77. The van der Waals surface area contributed by atoms with Crippen LogP contribution in [0.4, 0.5) is 5.69 Å². The van der Waals surface area contributed by atoms with Crippen molar-refractivity contribution in [3.63, 3.8) is 0 Å². The van der Waals surface area contributed by atoms with Gasteiger partial charge in [-0.25, -0.2) is 0 Å². The molecule has 3 rings (SSSR count). The summed E-state index contributed by atoms with van der Waals surface area (Å²) in [4.78, 5) is 10.8. The lowest BCUT2D eigenvalue weighted by molar-refractivity contribution is -0.136. The van der Waals surface area contributed by atoms with Gasteiger partial charge in [0.15, 0.2) is 0 Å². The fourth-order valence-corrected chi connectivity index (χ4v) is 3.40. The second-order valence-electron chi connectivity index (χ2n) is 7.27. The summed E-state index contributed by atoms with van der Waals surface area (Å²) in [5.41, 5.74) is 11.2. The minimum atomic E-state index is -0.814. The minimum absolute atomic E-state index is 0.0956. The first kappa shape index (κ1) is 20.3. The molecule has 0 amide bonds. The summed E-state index contributed by atoms with van der Waals surface area (Å²) in [5, 5.41) is 19.2. The number of benzene rings is 3. The molecule has 3 aromatic rings. The topological polar surface area (TPSA) is 92.8 Å². The van der Waals surface area contributed by atoms with Gasteiger partial charge in [0.05, 0.1) is 0 Å². The second-order valence-corrected chi connectivity index (χ2v) is 7.27. The molecule has 3 aromatic carbocycles. The van der Waals surface area contributed by atoms with Crippen LogP contribution in [0.15, 0.2) is 54.6 Å². The number of nitrogen functional groups attached to an aromatic ring is 1. The van der Waals surface area contributed by atoms with E-state index in [-0.39, 0.29) is 12.2 Å². The largest absolute Gasteiger partial charge is 0.508 e. The molecule has 5 nitrogen and oxygen atoms in total. The summed E-state index contributed by atoms with van der Waals surface area (Å²) >= 11 is 0. The van der Waals surface area contributed by atoms with Crippen LogP contribution >= 0.6 is 0 Å². The first-order valence-electron chi connectivity index (χ1n) is 9.48. The fraction of sp³-hybridized carbons (Fsp3) is 0.208. The zero-order chi connectivity index (χ0) is 21.0. The fourth-order valence-electron chi connectivity index (χ4n) is 3.40. The summed E-state index contributed by atoms with van der Waals surface area (Å²) < 4.78 is 6.09. The number of aryl methyl sites for hydroxylation is 3. The van der Waals surface area contributed by atoms with Crippen molar-refractivity contribution in [2.24, 2.45) is 0 Å². The molecule has 0 saturated heterocycles. The average Bonchev–Trinajstić information content (AvgIpc) is 2.66. The van der Waals surface area contributed by atoms with E-state index in [4.69, 9.17) is 15.6 Å². The normalized spacial score (nSPS) is 10.7. The van der Waals surface area contributed by atoms with E-state index in [1.54, 1.807) is 12.1 Å². The van der Waals surface area contributed by atoms with E-state index in [0.29, 0.717) is 24.3 Å². The number of phenols is 1. The summed E-state index contributed by atoms with van der Waals surface area (Å²) in [6.45, 7) is 3.89. The second kappa shape index (κ2) is 8.69. The van der Waals surface area contributed by atoms with E-state index in [0.717, 1.165) is 33.6 Å². The van der Waals surface area contributed by atoms with Crippen molar-refractivity contribution >= 4 is 11.7 Å². The Morgan fingerprint density at radius 3 is 2.38 bits per heavy atom. The van der Waals surface area contributed by atoms with Gasteiger partial charge in [0.25, 0.3) is 0 Å². The lowest BCUT2D eigenvalue weighted by Crippen LogP contribution is -1.98. The highest BCUT2D eigenvalue weighted by Gasteiger charge is 2.10. The molecule has 0 fully saturated rings. The number of nitrogens with two attached hydrogens (primary N) is 1. The van der Waals surface area contributed by atoms with Gasteiger partial charge >= 0.3 is 5.97 Å². The predicted molar refractivity (Wildman–Crippen MR) is 114 cm³/mol. The third kappa shape index (κ3) is 5.29. The molecule has 4 N–H and O–H groups in total. The van der Waals surface area contributed by atoms with Gasteiger partial charge in [-0.3, -0.25) is 4.79 Å². The highest BCUT2D eigenvalue weighted by molar-refractivity contribution is 5.67. The molecular weight excluding hydrogens is 366 g/mol. The molecule has 0 aliphatic heterocycles. The van der Waals surface area contributed by atoms with Gasteiger partial charge in [0.2, 0.25) is 0 Å². The maximum atomic E-state index is 10.8. The van der Waals surface area contributed by atoms with Crippen molar-refractivity contribution in [1.29, 1.82) is 0 Å². The smallest absolute Gasteiger partial charge is 0.303 e. The lowest BCUT2D eigenvalue weighted by Gasteiger charge is -2.14. The Morgan fingerprint density at radius 1 is 1.00 bits per heavy atom. The molecule has 150 valence electrons. The van der Waals surface area contributed by atoms with Crippen molar-refractivity contribution in [1.82, 2.24) is 0 Å². The van der Waals surface area contributed by atoms with Crippen LogP contribution in [0.5, 0.6) is 17.2 Å². The Morgan fingerprint density at radius 2 is 1.69 bits per heavy atom. The number of hydrogen-bond donors (Lipinski definition) is 3. The van der Waals surface area contributed by atoms with Gasteiger partial charge < -0.3 is 20.7 Å². The molecule has 0 heterocycles. The van der Waals surface area contributed by atoms with Crippen molar-refractivity contribution in [3.8, 4) is 17.2 Å². The molecule has 5 heteroatoms. The van der Waals surface area contributed by atoms with Crippen LogP contribution in [0.1, 0.15) is 34.2 Å². The number of aromatic hydroxyl groups is 1. The van der Waals surface area contributed by atoms with Gasteiger partial charge in [-0.05, 0) is 72.9 Å². The molecule has 0 radical (unpaired) electrons. The zero-order valence-electron chi connectivity index (χ0n) is 16.6. The van der Waals surface area contributed by atoms with Gasteiger partial charge in [-0.2, -0.15) is 0 Å².